The van der Waals surface area contributed by atoms with E-state index in [1.54, 1.807) is 13.2 Å². The van der Waals surface area contributed by atoms with Crippen LogP contribution in [0.3, 0.4) is 0 Å². The summed E-state index contributed by atoms with van der Waals surface area (Å²) in [5.41, 5.74) is 1.57. The van der Waals surface area contributed by atoms with Crippen molar-refractivity contribution in [3.05, 3.63) is 24.0 Å². The number of hydrogen-bond acceptors (Lipinski definition) is 4. The summed E-state index contributed by atoms with van der Waals surface area (Å²) in [7, 11) is 3.65. The number of nitrogens with one attached hydrogen (secondary N) is 2. The normalized spacial score (nSPS) is 17.9. The first kappa shape index (κ1) is 14.8. The molecule has 1 fully saturated rings. The maximum absolute atomic E-state index is 11.6. The number of carbonyl (C=O) groups is 1. The van der Waals surface area contributed by atoms with Crippen molar-refractivity contribution >= 4 is 11.6 Å². The van der Waals surface area contributed by atoms with Crippen LogP contribution in [0.5, 0.6) is 0 Å². The van der Waals surface area contributed by atoms with Crippen molar-refractivity contribution in [2.45, 2.75) is 25.8 Å². The molecule has 2 N–H and O–H groups in total. The van der Waals surface area contributed by atoms with Crippen LogP contribution in [-0.4, -0.2) is 44.1 Å². The average molecular weight is 276 g/mol. The Bertz CT molecular complexity index is 455. The van der Waals surface area contributed by atoms with Gasteiger partial charge in [0.15, 0.2) is 0 Å². The smallest absolute Gasteiger partial charge is 0.269 e. The van der Waals surface area contributed by atoms with Crippen LogP contribution in [0.4, 0.5) is 5.69 Å². The standard InChI is InChI=1S/C15H24N4O/c1-11(16-2)12-5-8-19(9-6-12)13-4-7-18-14(10-13)15(20)17-3/h4,7,10-12,16H,5-6,8-9H2,1-3H3,(H,17,20). The monoisotopic (exact) mass is 276 g/mol. The summed E-state index contributed by atoms with van der Waals surface area (Å²) in [6, 6.07) is 4.42. The molecule has 0 aliphatic carbocycles. The molecule has 0 aromatic carbocycles. The minimum absolute atomic E-state index is 0.134. The maximum Gasteiger partial charge on any atom is 0.269 e. The van der Waals surface area contributed by atoms with Crippen LogP contribution in [0.2, 0.25) is 0 Å². The number of rotatable bonds is 4. The number of hydrogen-bond donors (Lipinski definition) is 2. The van der Waals surface area contributed by atoms with Gasteiger partial charge in [0, 0.05) is 38.1 Å². The first-order valence-corrected chi connectivity index (χ1v) is 7.26. The number of carbonyl (C=O) groups excluding carboxylic acids is 1. The molecular weight excluding hydrogens is 252 g/mol. The molecule has 0 saturated carbocycles. The Morgan fingerprint density at radius 2 is 2.10 bits per heavy atom. The number of piperidine rings is 1. The van der Waals surface area contributed by atoms with Gasteiger partial charge in [-0.3, -0.25) is 9.78 Å². The predicted molar refractivity (Wildman–Crippen MR) is 81.1 cm³/mol. The SMILES string of the molecule is CNC(=O)c1cc(N2CCC(C(C)NC)CC2)ccn1. The van der Waals surface area contributed by atoms with Gasteiger partial charge in [-0.1, -0.05) is 0 Å². The Labute approximate surface area is 120 Å². The van der Waals surface area contributed by atoms with Crippen LogP contribution in [0.25, 0.3) is 0 Å². The second kappa shape index (κ2) is 6.70. The van der Waals surface area contributed by atoms with Gasteiger partial charge < -0.3 is 15.5 Å². The van der Waals surface area contributed by atoms with Gasteiger partial charge in [0.1, 0.15) is 5.69 Å². The third kappa shape index (κ3) is 3.28. The zero-order chi connectivity index (χ0) is 14.5. The average Bonchev–Trinajstić information content (AvgIpc) is 2.53. The fourth-order valence-corrected chi connectivity index (χ4v) is 2.76. The summed E-state index contributed by atoms with van der Waals surface area (Å²) >= 11 is 0. The van der Waals surface area contributed by atoms with Crippen molar-refractivity contribution in [1.29, 1.82) is 0 Å². The number of aromatic nitrogens is 1. The molecule has 2 rings (SSSR count). The summed E-state index contributed by atoms with van der Waals surface area (Å²) in [4.78, 5) is 18.1. The molecule has 0 radical (unpaired) electrons. The van der Waals surface area contributed by atoms with E-state index >= 15 is 0 Å². The third-order valence-electron chi connectivity index (χ3n) is 4.27. The summed E-state index contributed by atoms with van der Waals surface area (Å²) in [5.74, 6) is 0.599. The topological polar surface area (TPSA) is 57.3 Å². The molecule has 1 aromatic heterocycles. The molecule has 0 spiro atoms. The lowest BCUT2D eigenvalue weighted by molar-refractivity contribution is 0.0958. The summed E-state index contributed by atoms with van der Waals surface area (Å²) in [6.07, 6.45) is 4.07. The van der Waals surface area contributed by atoms with E-state index in [0.717, 1.165) is 24.7 Å². The van der Waals surface area contributed by atoms with Crippen LogP contribution in [-0.2, 0) is 0 Å². The first-order chi connectivity index (χ1) is 9.65. The van der Waals surface area contributed by atoms with Crippen molar-refractivity contribution < 1.29 is 4.79 Å². The molecule has 1 atom stereocenters. The van der Waals surface area contributed by atoms with Crippen LogP contribution in [0, 0.1) is 5.92 Å². The Morgan fingerprint density at radius 1 is 1.40 bits per heavy atom. The summed E-state index contributed by atoms with van der Waals surface area (Å²) in [5, 5.41) is 5.95. The zero-order valence-electron chi connectivity index (χ0n) is 12.5. The number of amides is 1. The Kier molecular flexibility index (Phi) is 4.95. The molecule has 20 heavy (non-hydrogen) atoms. The predicted octanol–water partition coefficient (Wildman–Crippen LogP) is 1.27. The van der Waals surface area contributed by atoms with E-state index in [1.165, 1.54) is 12.8 Å². The highest BCUT2D eigenvalue weighted by Gasteiger charge is 2.23. The third-order valence-corrected chi connectivity index (χ3v) is 4.27. The maximum atomic E-state index is 11.6. The molecule has 1 unspecified atom stereocenters. The zero-order valence-corrected chi connectivity index (χ0v) is 12.5. The minimum atomic E-state index is -0.134. The molecule has 110 valence electrons. The quantitative estimate of drug-likeness (QED) is 0.869. The second-order valence-corrected chi connectivity index (χ2v) is 5.38. The molecule has 5 nitrogen and oxygen atoms in total. The van der Waals surface area contributed by atoms with Crippen molar-refractivity contribution in [3.8, 4) is 0 Å². The van der Waals surface area contributed by atoms with Crippen molar-refractivity contribution in [3.63, 3.8) is 0 Å². The lowest BCUT2D eigenvalue weighted by Crippen LogP contribution is -2.41. The van der Waals surface area contributed by atoms with Crippen molar-refractivity contribution in [1.82, 2.24) is 15.6 Å². The van der Waals surface area contributed by atoms with E-state index in [0.29, 0.717) is 11.7 Å². The van der Waals surface area contributed by atoms with Gasteiger partial charge in [0.05, 0.1) is 0 Å². The lowest BCUT2D eigenvalue weighted by Gasteiger charge is -2.36. The van der Waals surface area contributed by atoms with E-state index in [1.807, 2.05) is 19.2 Å². The molecule has 1 aliphatic rings. The fourth-order valence-electron chi connectivity index (χ4n) is 2.76. The Hall–Kier alpha value is -1.62. The van der Waals surface area contributed by atoms with Crippen LogP contribution in [0.1, 0.15) is 30.3 Å². The van der Waals surface area contributed by atoms with Crippen LogP contribution >= 0.6 is 0 Å². The molecule has 1 aliphatic heterocycles. The van der Waals surface area contributed by atoms with Crippen LogP contribution in [0.15, 0.2) is 18.3 Å². The highest BCUT2D eigenvalue weighted by molar-refractivity contribution is 5.92. The van der Waals surface area contributed by atoms with E-state index in [-0.39, 0.29) is 5.91 Å². The molecule has 5 heteroatoms. The second-order valence-electron chi connectivity index (χ2n) is 5.38. The number of nitrogens with zero attached hydrogens (tertiary/aromatic N) is 2. The van der Waals surface area contributed by atoms with Gasteiger partial charge in [0.2, 0.25) is 0 Å². The number of anilines is 1. The summed E-state index contributed by atoms with van der Waals surface area (Å²) in [6.45, 7) is 4.32. The fraction of sp³-hybridized carbons (Fsp3) is 0.600. The Balaban J connectivity index is 2.02. The molecular formula is C15H24N4O. The molecule has 1 saturated heterocycles. The van der Waals surface area contributed by atoms with Gasteiger partial charge in [-0.15, -0.1) is 0 Å². The molecule has 1 aromatic rings. The lowest BCUT2D eigenvalue weighted by atomic mass is 9.90. The van der Waals surface area contributed by atoms with Gasteiger partial charge in [-0.25, -0.2) is 0 Å². The van der Waals surface area contributed by atoms with Gasteiger partial charge >= 0.3 is 0 Å². The van der Waals surface area contributed by atoms with Gasteiger partial charge in [0.25, 0.3) is 5.91 Å². The van der Waals surface area contributed by atoms with E-state index in [2.05, 4.69) is 27.4 Å². The van der Waals surface area contributed by atoms with Crippen LogP contribution < -0.4 is 15.5 Å². The van der Waals surface area contributed by atoms with E-state index < -0.39 is 0 Å². The first-order valence-electron chi connectivity index (χ1n) is 7.26. The highest BCUT2D eigenvalue weighted by atomic mass is 16.1. The van der Waals surface area contributed by atoms with E-state index in [4.69, 9.17) is 0 Å². The molecule has 2 heterocycles. The molecule has 1 amide bonds. The van der Waals surface area contributed by atoms with Gasteiger partial charge in [-0.05, 0) is 44.9 Å². The van der Waals surface area contributed by atoms with Crippen molar-refractivity contribution in [2.75, 3.05) is 32.1 Å². The Morgan fingerprint density at radius 3 is 2.70 bits per heavy atom. The minimum Gasteiger partial charge on any atom is -0.371 e. The van der Waals surface area contributed by atoms with E-state index in [9.17, 15) is 4.79 Å². The number of pyridine rings is 1. The highest BCUT2D eigenvalue weighted by Crippen LogP contribution is 2.25. The molecule has 0 bridgehead atoms. The largest absolute Gasteiger partial charge is 0.371 e. The van der Waals surface area contributed by atoms with Crippen molar-refractivity contribution in [2.24, 2.45) is 5.92 Å². The van der Waals surface area contributed by atoms with Gasteiger partial charge in [-0.2, -0.15) is 0 Å². The summed E-state index contributed by atoms with van der Waals surface area (Å²) < 4.78 is 0.